The summed E-state index contributed by atoms with van der Waals surface area (Å²) in [7, 11) is 0. The lowest BCUT2D eigenvalue weighted by molar-refractivity contribution is 0.578. The second-order valence-electron chi connectivity index (χ2n) is 3.49. The van der Waals surface area contributed by atoms with Gasteiger partial charge in [0, 0.05) is 4.88 Å². The smallest absolute Gasteiger partial charge is 0.199 e. The Hall–Kier alpha value is -1.88. The molecule has 0 radical (unpaired) electrons. The lowest BCUT2D eigenvalue weighted by atomic mass is 10.3. The second kappa shape index (κ2) is 3.31. The van der Waals surface area contributed by atoms with Gasteiger partial charge in [-0.05, 0) is 25.1 Å². The zero-order valence-corrected chi connectivity index (χ0v) is 9.41. The van der Waals surface area contributed by atoms with Crippen LogP contribution in [0.1, 0.15) is 4.88 Å². The van der Waals surface area contributed by atoms with E-state index in [1.54, 1.807) is 23.7 Å². The standard InChI is InChI=1S/C11H9N3OS/c1-6-5-7-9(12)13-10(14-11(7)16-6)8-3-2-4-15-8/h2-5H,1H3,(H2,12,13,14). The Morgan fingerprint density at radius 1 is 1.38 bits per heavy atom. The fourth-order valence-electron chi connectivity index (χ4n) is 1.58. The van der Waals surface area contributed by atoms with E-state index in [2.05, 4.69) is 9.97 Å². The Kier molecular flexibility index (Phi) is 1.94. The number of nitrogen functional groups attached to an aromatic ring is 1. The molecule has 4 nitrogen and oxygen atoms in total. The molecule has 3 rings (SSSR count). The molecule has 80 valence electrons. The number of hydrogen-bond acceptors (Lipinski definition) is 5. The van der Waals surface area contributed by atoms with E-state index in [0.717, 1.165) is 10.2 Å². The molecule has 3 aromatic heterocycles. The van der Waals surface area contributed by atoms with Crippen LogP contribution < -0.4 is 5.73 Å². The molecule has 0 aliphatic heterocycles. The average molecular weight is 231 g/mol. The summed E-state index contributed by atoms with van der Waals surface area (Å²) < 4.78 is 5.25. The van der Waals surface area contributed by atoms with Gasteiger partial charge in [-0.1, -0.05) is 0 Å². The van der Waals surface area contributed by atoms with Crippen molar-refractivity contribution >= 4 is 27.4 Å². The molecule has 16 heavy (non-hydrogen) atoms. The summed E-state index contributed by atoms with van der Waals surface area (Å²) in [6.07, 6.45) is 1.60. The van der Waals surface area contributed by atoms with Gasteiger partial charge < -0.3 is 10.2 Å². The number of fused-ring (bicyclic) bond motifs is 1. The molecule has 0 aromatic carbocycles. The van der Waals surface area contributed by atoms with Crippen LogP contribution in [-0.2, 0) is 0 Å². The van der Waals surface area contributed by atoms with Crippen molar-refractivity contribution in [3.8, 4) is 11.6 Å². The third-order valence-corrected chi connectivity index (χ3v) is 3.23. The van der Waals surface area contributed by atoms with Crippen LogP contribution >= 0.6 is 11.3 Å². The van der Waals surface area contributed by atoms with Crippen molar-refractivity contribution < 1.29 is 4.42 Å². The van der Waals surface area contributed by atoms with Crippen molar-refractivity contribution in [1.82, 2.24) is 9.97 Å². The Morgan fingerprint density at radius 3 is 3.00 bits per heavy atom. The van der Waals surface area contributed by atoms with Gasteiger partial charge >= 0.3 is 0 Å². The third-order valence-electron chi connectivity index (χ3n) is 2.29. The van der Waals surface area contributed by atoms with E-state index in [1.165, 1.54) is 4.88 Å². The van der Waals surface area contributed by atoms with Gasteiger partial charge in [-0.25, -0.2) is 9.97 Å². The number of aromatic nitrogens is 2. The average Bonchev–Trinajstić information content (AvgIpc) is 2.84. The first kappa shape index (κ1) is 9.35. The van der Waals surface area contributed by atoms with Crippen LogP contribution in [-0.4, -0.2) is 9.97 Å². The number of aryl methyl sites for hydroxylation is 1. The molecule has 2 N–H and O–H groups in total. The summed E-state index contributed by atoms with van der Waals surface area (Å²) in [6.45, 7) is 2.03. The SMILES string of the molecule is Cc1cc2c(N)nc(-c3ccco3)nc2s1. The van der Waals surface area contributed by atoms with E-state index in [0.29, 0.717) is 17.4 Å². The Morgan fingerprint density at radius 2 is 2.25 bits per heavy atom. The van der Waals surface area contributed by atoms with Crippen LogP contribution in [0.5, 0.6) is 0 Å². The molecule has 0 aliphatic rings. The van der Waals surface area contributed by atoms with E-state index in [4.69, 9.17) is 10.2 Å². The van der Waals surface area contributed by atoms with Gasteiger partial charge in [0.05, 0.1) is 11.6 Å². The van der Waals surface area contributed by atoms with Crippen molar-refractivity contribution in [2.75, 3.05) is 5.73 Å². The van der Waals surface area contributed by atoms with Crippen molar-refractivity contribution in [3.05, 3.63) is 29.3 Å². The van der Waals surface area contributed by atoms with Gasteiger partial charge in [0.15, 0.2) is 11.6 Å². The molecular formula is C11H9N3OS. The number of nitrogens with zero attached hydrogens (tertiary/aromatic N) is 2. The Labute approximate surface area is 95.7 Å². The Balaban J connectivity index is 2.28. The number of rotatable bonds is 1. The predicted octanol–water partition coefficient (Wildman–Crippen LogP) is 2.84. The highest BCUT2D eigenvalue weighted by atomic mass is 32.1. The lowest BCUT2D eigenvalue weighted by Gasteiger charge is -1.98. The minimum Gasteiger partial charge on any atom is -0.461 e. The molecule has 5 heteroatoms. The summed E-state index contributed by atoms with van der Waals surface area (Å²) in [5.74, 6) is 1.68. The van der Waals surface area contributed by atoms with Crippen molar-refractivity contribution in [2.45, 2.75) is 6.92 Å². The van der Waals surface area contributed by atoms with Crippen LogP contribution in [0.3, 0.4) is 0 Å². The molecule has 0 fully saturated rings. The van der Waals surface area contributed by atoms with Gasteiger partial charge in [-0.15, -0.1) is 11.3 Å². The van der Waals surface area contributed by atoms with Crippen molar-refractivity contribution in [1.29, 1.82) is 0 Å². The fourth-order valence-corrected chi connectivity index (χ4v) is 2.47. The van der Waals surface area contributed by atoms with Gasteiger partial charge in [0.25, 0.3) is 0 Å². The molecule has 0 bridgehead atoms. The number of nitrogens with two attached hydrogens (primary N) is 1. The van der Waals surface area contributed by atoms with E-state index in [1.807, 2.05) is 19.1 Å². The molecule has 0 amide bonds. The highest BCUT2D eigenvalue weighted by molar-refractivity contribution is 7.18. The molecule has 0 aliphatic carbocycles. The maximum absolute atomic E-state index is 5.89. The third kappa shape index (κ3) is 1.37. The molecule has 0 unspecified atom stereocenters. The molecule has 3 heterocycles. The van der Waals surface area contributed by atoms with Crippen molar-refractivity contribution in [3.63, 3.8) is 0 Å². The van der Waals surface area contributed by atoms with Crippen LogP contribution in [0, 0.1) is 6.92 Å². The molecule has 0 saturated heterocycles. The topological polar surface area (TPSA) is 64.9 Å². The molecule has 0 saturated carbocycles. The molecule has 3 aromatic rings. The summed E-state index contributed by atoms with van der Waals surface area (Å²) in [5.41, 5.74) is 5.89. The zero-order valence-electron chi connectivity index (χ0n) is 8.60. The first-order chi connectivity index (χ1) is 7.74. The maximum Gasteiger partial charge on any atom is 0.199 e. The number of anilines is 1. The minimum atomic E-state index is 0.501. The quantitative estimate of drug-likeness (QED) is 0.699. The van der Waals surface area contributed by atoms with E-state index in [9.17, 15) is 0 Å². The van der Waals surface area contributed by atoms with Crippen LogP contribution in [0.2, 0.25) is 0 Å². The molecule has 0 atom stereocenters. The largest absolute Gasteiger partial charge is 0.461 e. The number of thiophene rings is 1. The molecular weight excluding hydrogens is 222 g/mol. The first-order valence-corrected chi connectivity index (χ1v) is 5.63. The Bertz CT molecular complexity index is 643. The van der Waals surface area contributed by atoms with Crippen LogP contribution in [0.4, 0.5) is 5.82 Å². The fraction of sp³-hybridized carbons (Fsp3) is 0.0909. The first-order valence-electron chi connectivity index (χ1n) is 4.81. The van der Waals surface area contributed by atoms with Gasteiger partial charge in [0.1, 0.15) is 10.6 Å². The van der Waals surface area contributed by atoms with E-state index >= 15 is 0 Å². The van der Waals surface area contributed by atoms with Gasteiger partial charge in [0.2, 0.25) is 0 Å². The van der Waals surface area contributed by atoms with Crippen molar-refractivity contribution in [2.24, 2.45) is 0 Å². The zero-order chi connectivity index (χ0) is 11.1. The summed E-state index contributed by atoms with van der Waals surface area (Å²) >= 11 is 1.60. The van der Waals surface area contributed by atoms with Gasteiger partial charge in [-0.3, -0.25) is 0 Å². The van der Waals surface area contributed by atoms with E-state index in [-0.39, 0.29) is 0 Å². The highest BCUT2D eigenvalue weighted by Crippen LogP contribution is 2.29. The van der Waals surface area contributed by atoms with Gasteiger partial charge in [-0.2, -0.15) is 0 Å². The maximum atomic E-state index is 5.89. The normalized spacial score (nSPS) is 11.1. The van der Waals surface area contributed by atoms with Crippen LogP contribution in [0.15, 0.2) is 28.9 Å². The summed E-state index contributed by atoms with van der Waals surface area (Å²) in [5, 5.41) is 0.915. The minimum absolute atomic E-state index is 0.501. The monoisotopic (exact) mass is 231 g/mol. The lowest BCUT2D eigenvalue weighted by Crippen LogP contribution is -1.95. The second-order valence-corrected chi connectivity index (χ2v) is 4.72. The molecule has 0 spiro atoms. The number of hydrogen-bond donors (Lipinski definition) is 1. The van der Waals surface area contributed by atoms with Crippen LogP contribution in [0.25, 0.3) is 21.8 Å². The summed E-state index contributed by atoms with van der Waals surface area (Å²) in [4.78, 5) is 10.7. The summed E-state index contributed by atoms with van der Waals surface area (Å²) in [6, 6.07) is 5.63. The number of furan rings is 1. The highest BCUT2D eigenvalue weighted by Gasteiger charge is 2.10. The van der Waals surface area contributed by atoms with E-state index < -0.39 is 0 Å². The predicted molar refractivity (Wildman–Crippen MR) is 64.3 cm³/mol.